The van der Waals surface area contributed by atoms with Crippen LogP contribution in [-0.2, 0) is 4.79 Å². The number of piperazine rings is 1. The molecular formula is C31H43F7N4O2. The van der Waals surface area contributed by atoms with Gasteiger partial charge in [0.2, 0.25) is 5.91 Å². The maximum absolute atomic E-state index is 14.1. The molecule has 2 aliphatic heterocycles. The summed E-state index contributed by atoms with van der Waals surface area (Å²) in [5.41, 5.74) is -1.24. The average Bonchev–Trinajstić information content (AvgIpc) is 2.94. The number of piperidine rings is 1. The zero-order chi connectivity index (χ0) is 33.0. The fourth-order valence-corrected chi connectivity index (χ4v) is 6.35. The molecule has 3 rings (SSSR count). The van der Waals surface area contributed by atoms with Crippen LogP contribution in [0.1, 0.15) is 53.4 Å². The topological polar surface area (TPSA) is 47.1 Å². The summed E-state index contributed by atoms with van der Waals surface area (Å²) in [5, 5.41) is 0. The number of amides is 3. The van der Waals surface area contributed by atoms with Gasteiger partial charge in [-0.3, -0.25) is 9.69 Å². The molecule has 0 aromatic carbocycles. The molecule has 0 radical (unpaired) electrons. The molecule has 3 aliphatic rings. The van der Waals surface area contributed by atoms with Crippen molar-refractivity contribution >= 4 is 11.9 Å². The van der Waals surface area contributed by atoms with E-state index in [9.17, 15) is 40.3 Å². The lowest BCUT2D eigenvalue weighted by Crippen LogP contribution is -2.60. The summed E-state index contributed by atoms with van der Waals surface area (Å²) in [5.74, 6) is -0.872. The van der Waals surface area contributed by atoms with E-state index in [1.807, 2.05) is 6.92 Å². The predicted molar refractivity (Wildman–Crippen MR) is 154 cm³/mol. The number of hydrogen-bond acceptors (Lipinski definition) is 3. The summed E-state index contributed by atoms with van der Waals surface area (Å²) >= 11 is 0. The lowest BCUT2D eigenvalue weighted by Gasteiger charge is -2.49. The van der Waals surface area contributed by atoms with E-state index < -0.39 is 48.9 Å². The van der Waals surface area contributed by atoms with Crippen LogP contribution < -0.4 is 0 Å². The molecule has 13 heteroatoms. The van der Waals surface area contributed by atoms with Crippen molar-refractivity contribution in [2.24, 2.45) is 11.8 Å². The molecule has 0 aromatic heterocycles. The largest absolute Gasteiger partial charge is 0.412 e. The van der Waals surface area contributed by atoms with Crippen molar-refractivity contribution in [2.75, 3.05) is 39.8 Å². The number of likely N-dealkylation sites (tertiary alicyclic amines) is 1. The predicted octanol–water partition coefficient (Wildman–Crippen LogP) is 6.88. The molecule has 0 bridgehead atoms. The van der Waals surface area contributed by atoms with Gasteiger partial charge in [0.1, 0.15) is 5.83 Å². The smallest absolute Gasteiger partial charge is 0.340 e. The van der Waals surface area contributed by atoms with E-state index in [1.165, 1.54) is 44.9 Å². The quantitative estimate of drug-likeness (QED) is 0.226. The Labute approximate surface area is 254 Å². The maximum Gasteiger partial charge on any atom is 0.412 e. The van der Waals surface area contributed by atoms with E-state index >= 15 is 0 Å². The molecule has 0 aromatic rings. The van der Waals surface area contributed by atoms with Crippen LogP contribution >= 0.6 is 0 Å². The second-order valence-electron chi connectivity index (χ2n) is 11.9. The Balaban J connectivity index is 1.89. The summed E-state index contributed by atoms with van der Waals surface area (Å²) in [6.07, 6.45) is -4.09. The molecule has 2 fully saturated rings. The van der Waals surface area contributed by atoms with Crippen LogP contribution in [0.15, 0.2) is 47.4 Å². The highest BCUT2D eigenvalue weighted by molar-refractivity contribution is 5.76. The lowest BCUT2D eigenvalue weighted by molar-refractivity contribution is -0.131. The molecule has 5 unspecified atom stereocenters. The van der Waals surface area contributed by atoms with E-state index in [0.717, 1.165) is 0 Å². The summed E-state index contributed by atoms with van der Waals surface area (Å²) in [6, 6.07) is -1.92. The van der Waals surface area contributed by atoms with Crippen molar-refractivity contribution in [3.63, 3.8) is 0 Å². The van der Waals surface area contributed by atoms with Crippen LogP contribution in [0.3, 0.4) is 0 Å². The molecular weight excluding hydrogens is 593 g/mol. The number of rotatable bonds is 7. The van der Waals surface area contributed by atoms with Gasteiger partial charge in [-0.2, -0.15) is 26.3 Å². The highest BCUT2D eigenvalue weighted by Crippen LogP contribution is 2.37. The number of likely N-dealkylation sites (N-methyl/N-ethyl adjacent to an activating group) is 1. The van der Waals surface area contributed by atoms with Crippen LogP contribution in [0.2, 0.25) is 0 Å². The van der Waals surface area contributed by atoms with Crippen molar-refractivity contribution in [2.45, 2.75) is 83.9 Å². The maximum atomic E-state index is 14.1. The zero-order valence-electron chi connectivity index (χ0n) is 25.9. The Kier molecular flexibility index (Phi) is 11.8. The van der Waals surface area contributed by atoms with Crippen molar-refractivity contribution in [1.82, 2.24) is 19.6 Å². The van der Waals surface area contributed by atoms with Gasteiger partial charge in [-0.15, -0.1) is 0 Å². The zero-order valence-corrected chi connectivity index (χ0v) is 25.9. The second kappa shape index (κ2) is 14.5. The minimum atomic E-state index is -4.73. The molecule has 3 amide bonds. The standard InChI is InChI=1S/C31H43F7N4O2/c1-6-24(31(36,37)38)18-23(9-11-30(33,34)35)21(3)39(5)29(44)42-12-10-26(41-15-13-40(14-16-41)22(4)43)19-28(42)27-8-7-25(32)17-20(27)2/h7-9,17-18,20-21,26-28H,6,10-16,19H2,1-5H3. The number of nitrogens with zero attached hydrogens (tertiary/aromatic N) is 4. The number of carbonyl (C=O) groups excluding carboxylic acids is 2. The molecule has 6 nitrogen and oxygen atoms in total. The SMILES string of the molecule is CCC(=CC(=CCC(F)(F)F)C(C)N(C)C(=O)N1CCC(N2CCN(C(C)=O)CC2)CC1C1C=CC(F)=CC1C)C(F)(F)F. The minimum Gasteiger partial charge on any atom is -0.340 e. The third-order valence-electron chi connectivity index (χ3n) is 9.11. The van der Waals surface area contributed by atoms with Crippen molar-refractivity contribution < 1.29 is 40.3 Å². The Hall–Kier alpha value is -2.83. The number of allylic oxidation sites excluding steroid dienone is 5. The number of halogens is 7. The van der Waals surface area contributed by atoms with Crippen molar-refractivity contribution in [3.05, 3.63) is 47.4 Å². The van der Waals surface area contributed by atoms with Crippen LogP contribution in [0.4, 0.5) is 35.5 Å². The number of urea groups is 1. The van der Waals surface area contributed by atoms with Crippen molar-refractivity contribution in [3.8, 4) is 0 Å². The van der Waals surface area contributed by atoms with E-state index in [2.05, 4.69) is 4.90 Å². The van der Waals surface area contributed by atoms with Gasteiger partial charge < -0.3 is 14.7 Å². The third-order valence-corrected chi connectivity index (χ3v) is 9.11. The number of alkyl halides is 6. The molecule has 248 valence electrons. The van der Waals surface area contributed by atoms with Crippen LogP contribution in [0.5, 0.6) is 0 Å². The van der Waals surface area contributed by atoms with Gasteiger partial charge in [-0.25, -0.2) is 9.18 Å². The highest BCUT2D eigenvalue weighted by Gasteiger charge is 2.42. The van der Waals surface area contributed by atoms with Gasteiger partial charge >= 0.3 is 18.4 Å². The highest BCUT2D eigenvalue weighted by atomic mass is 19.4. The fourth-order valence-electron chi connectivity index (χ4n) is 6.35. The Morgan fingerprint density at radius 3 is 2.25 bits per heavy atom. The molecule has 2 saturated heterocycles. The van der Waals surface area contributed by atoms with Gasteiger partial charge in [-0.1, -0.05) is 26.0 Å². The van der Waals surface area contributed by atoms with Crippen molar-refractivity contribution in [1.29, 1.82) is 0 Å². The molecule has 44 heavy (non-hydrogen) atoms. The summed E-state index contributed by atoms with van der Waals surface area (Å²) in [6.45, 7) is 8.89. The normalized spacial score (nSPS) is 26.9. The van der Waals surface area contributed by atoms with Crippen LogP contribution in [-0.4, -0.2) is 102 Å². The Morgan fingerprint density at radius 1 is 1.09 bits per heavy atom. The fraction of sp³-hybridized carbons (Fsp3) is 0.677. The molecule has 0 spiro atoms. The third kappa shape index (κ3) is 9.10. The molecule has 5 atom stereocenters. The first-order valence-electron chi connectivity index (χ1n) is 15.1. The average molecular weight is 637 g/mol. The lowest BCUT2D eigenvalue weighted by atomic mass is 9.78. The second-order valence-corrected chi connectivity index (χ2v) is 11.9. The molecule has 0 N–H and O–H groups in total. The Bertz CT molecular complexity index is 1150. The van der Waals surface area contributed by atoms with E-state index in [-0.39, 0.29) is 35.2 Å². The van der Waals surface area contributed by atoms with Gasteiger partial charge in [0.05, 0.1) is 12.5 Å². The number of carbonyl (C=O) groups is 2. The first kappa shape index (κ1) is 35.6. The van der Waals surface area contributed by atoms with Gasteiger partial charge in [-0.05, 0) is 55.9 Å². The number of hydrogen-bond donors (Lipinski definition) is 0. The first-order chi connectivity index (χ1) is 20.4. The Morgan fingerprint density at radius 2 is 1.73 bits per heavy atom. The minimum absolute atomic E-state index is 0.00914. The molecule has 0 saturated carbocycles. The van der Waals surface area contributed by atoms with Gasteiger partial charge in [0.15, 0.2) is 0 Å². The molecule has 1 aliphatic carbocycles. The van der Waals surface area contributed by atoms with Crippen LogP contribution in [0, 0.1) is 11.8 Å². The van der Waals surface area contributed by atoms with Gasteiger partial charge in [0.25, 0.3) is 0 Å². The van der Waals surface area contributed by atoms with E-state index in [0.29, 0.717) is 57.7 Å². The molecule has 2 heterocycles. The monoisotopic (exact) mass is 636 g/mol. The van der Waals surface area contributed by atoms with E-state index in [1.54, 1.807) is 15.9 Å². The summed E-state index contributed by atoms with van der Waals surface area (Å²) in [4.78, 5) is 32.7. The first-order valence-corrected chi connectivity index (χ1v) is 15.1. The summed E-state index contributed by atoms with van der Waals surface area (Å²) < 4.78 is 94.1. The summed E-state index contributed by atoms with van der Waals surface area (Å²) in [7, 11) is 1.38. The van der Waals surface area contributed by atoms with E-state index in [4.69, 9.17) is 0 Å². The van der Waals surface area contributed by atoms with Crippen LogP contribution in [0.25, 0.3) is 0 Å². The van der Waals surface area contributed by atoms with Gasteiger partial charge in [0, 0.05) is 70.3 Å².